The highest BCUT2D eigenvalue weighted by Gasteiger charge is 2.10. The maximum absolute atomic E-state index is 12.1. The van der Waals surface area contributed by atoms with E-state index in [4.69, 9.17) is 4.74 Å². The fraction of sp³-hybridized carbons (Fsp3) is 0.158. The smallest absolute Gasteiger partial charge is 0.251 e. The largest absolute Gasteiger partial charge is 0.495 e. The molecule has 0 aliphatic carbocycles. The first-order valence-electron chi connectivity index (χ1n) is 7.49. The zero-order chi connectivity index (χ0) is 17.5. The number of amides is 2. The van der Waals surface area contributed by atoms with E-state index in [1.807, 2.05) is 31.2 Å². The third kappa shape index (κ3) is 4.46. The van der Waals surface area contributed by atoms with Crippen molar-refractivity contribution in [2.75, 3.05) is 19.5 Å². The molecule has 2 amide bonds. The fourth-order valence-electron chi connectivity index (χ4n) is 2.10. The van der Waals surface area contributed by atoms with E-state index in [2.05, 4.69) is 10.6 Å². The van der Waals surface area contributed by atoms with Gasteiger partial charge in [0, 0.05) is 18.7 Å². The van der Waals surface area contributed by atoms with Crippen molar-refractivity contribution in [3.8, 4) is 5.75 Å². The number of anilines is 1. The molecule has 2 aromatic carbocycles. The van der Waals surface area contributed by atoms with Crippen LogP contribution in [-0.4, -0.2) is 26.0 Å². The van der Waals surface area contributed by atoms with Gasteiger partial charge in [-0.3, -0.25) is 9.59 Å². The Balaban J connectivity index is 2.10. The predicted octanol–water partition coefficient (Wildman–Crippen LogP) is 3.02. The van der Waals surface area contributed by atoms with Crippen molar-refractivity contribution >= 4 is 23.6 Å². The molecular formula is C19H20N2O3. The molecule has 0 atom stereocenters. The van der Waals surface area contributed by atoms with Crippen LogP contribution in [0.4, 0.5) is 5.69 Å². The van der Waals surface area contributed by atoms with Crippen LogP contribution in [0, 0.1) is 6.92 Å². The molecule has 0 saturated heterocycles. The van der Waals surface area contributed by atoms with Gasteiger partial charge in [-0.05, 0) is 36.8 Å². The average Bonchev–Trinajstić information content (AvgIpc) is 2.60. The standard InChI is InChI=1S/C19H20N2O3/c1-13-4-6-14(7-5-13)8-11-18(22)21-16-10-9-15(19(23)20-2)12-17(16)24-3/h4-12H,1-3H3,(H,20,23)(H,21,22)/b11-8+. The summed E-state index contributed by atoms with van der Waals surface area (Å²) in [5.74, 6) is -0.0693. The highest BCUT2D eigenvalue weighted by Crippen LogP contribution is 2.25. The SMILES string of the molecule is CNC(=O)c1ccc(NC(=O)/C=C/c2ccc(C)cc2)c(OC)c1. The molecular weight excluding hydrogens is 304 g/mol. The molecule has 0 bridgehead atoms. The van der Waals surface area contributed by atoms with Gasteiger partial charge in [0.1, 0.15) is 5.75 Å². The summed E-state index contributed by atoms with van der Waals surface area (Å²) in [6, 6.07) is 12.7. The first-order valence-corrected chi connectivity index (χ1v) is 7.49. The molecule has 0 aromatic heterocycles. The van der Waals surface area contributed by atoms with E-state index in [1.165, 1.54) is 13.2 Å². The first-order chi connectivity index (χ1) is 11.5. The van der Waals surface area contributed by atoms with Gasteiger partial charge < -0.3 is 15.4 Å². The number of carbonyl (C=O) groups excluding carboxylic acids is 2. The maximum Gasteiger partial charge on any atom is 0.251 e. The molecule has 124 valence electrons. The molecule has 0 spiro atoms. The van der Waals surface area contributed by atoms with Gasteiger partial charge in [0.25, 0.3) is 5.91 Å². The molecule has 2 aromatic rings. The van der Waals surface area contributed by atoms with Gasteiger partial charge in [-0.2, -0.15) is 0 Å². The summed E-state index contributed by atoms with van der Waals surface area (Å²) in [7, 11) is 3.04. The Hall–Kier alpha value is -3.08. The van der Waals surface area contributed by atoms with Crippen LogP contribution in [0.5, 0.6) is 5.75 Å². The number of hydrogen-bond acceptors (Lipinski definition) is 3. The Morgan fingerprint density at radius 2 is 1.79 bits per heavy atom. The van der Waals surface area contributed by atoms with Gasteiger partial charge in [0.2, 0.25) is 5.91 Å². The number of hydrogen-bond donors (Lipinski definition) is 2. The van der Waals surface area contributed by atoms with E-state index in [9.17, 15) is 9.59 Å². The van der Waals surface area contributed by atoms with Crippen molar-refractivity contribution in [3.05, 3.63) is 65.2 Å². The summed E-state index contributed by atoms with van der Waals surface area (Å²) in [5.41, 5.74) is 3.07. The third-order valence-electron chi connectivity index (χ3n) is 3.45. The summed E-state index contributed by atoms with van der Waals surface area (Å²) in [6.45, 7) is 2.01. The zero-order valence-electron chi connectivity index (χ0n) is 13.9. The van der Waals surface area contributed by atoms with Crippen LogP contribution in [-0.2, 0) is 4.79 Å². The summed E-state index contributed by atoms with van der Waals surface area (Å²) in [4.78, 5) is 23.7. The second kappa shape index (κ2) is 7.97. The Bertz CT molecular complexity index is 765. The predicted molar refractivity (Wildman–Crippen MR) is 95.2 cm³/mol. The Kier molecular flexibility index (Phi) is 5.73. The molecule has 5 nitrogen and oxygen atoms in total. The van der Waals surface area contributed by atoms with Crippen molar-refractivity contribution < 1.29 is 14.3 Å². The molecule has 0 fully saturated rings. The lowest BCUT2D eigenvalue weighted by atomic mass is 10.1. The average molecular weight is 324 g/mol. The van der Waals surface area contributed by atoms with Crippen molar-refractivity contribution in [2.24, 2.45) is 0 Å². The Morgan fingerprint density at radius 1 is 1.08 bits per heavy atom. The van der Waals surface area contributed by atoms with Crippen LogP contribution in [0.15, 0.2) is 48.5 Å². The monoisotopic (exact) mass is 324 g/mol. The number of carbonyl (C=O) groups is 2. The molecule has 0 heterocycles. The number of nitrogens with one attached hydrogen (secondary N) is 2. The van der Waals surface area contributed by atoms with E-state index >= 15 is 0 Å². The molecule has 0 unspecified atom stereocenters. The van der Waals surface area contributed by atoms with Crippen LogP contribution in [0.3, 0.4) is 0 Å². The summed E-state index contributed by atoms with van der Waals surface area (Å²) < 4.78 is 5.24. The molecule has 5 heteroatoms. The van der Waals surface area contributed by atoms with E-state index in [1.54, 1.807) is 31.3 Å². The number of aryl methyl sites for hydroxylation is 1. The second-order valence-electron chi connectivity index (χ2n) is 5.23. The molecule has 24 heavy (non-hydrogen) atoms. The topological polar surface area (TPSA) is 67.4 Å². The molecule has 2 rings (SSSR count). The van der Waals surface area contributed by atoms with E-state index in [-0.39, 0.29) is 11.8 Å². The molecule has 0 aliphatic rings. The number of ether oxygens (including phenoxy) is 1. The minimum Gasteiger partial charge on any atom is -0.495 e. The number of rotatable bonds is 5. The lowest BCUT2D eigenvalue weighted by molar-refractivity contribution is -0.111. The van der Waals surface area contributed by atoms with E-state index in [0.29, 0.717) is 17.0 Å². The minimum absolute atomic E-state index is 0.217. The number of methoxy groups -OCH3 is 1. The quantitative estimate of drug-likeness (QED) is 0.831. The minimum atomic E-state index is -0.276. The summed E-state index contributed by atoms with van der Waals surface area (Å²) >= 11 is 0. The van der Waals surface area contributed by atoms with Gasteiger partial charge >= 0.3 is 0 Å². The Morgan fingerprint density at radius 3 is 2.42 bits per heavy atom. The van der Waals surface area contributed by atoms with Crippen LogP contribution in [0.1, 0.15) is 21.5 Å². The van der Waals surface area contributed by atoms with Crippen molar-refractivity contribution in [2.45, 2.75) is 6.92 Å². The second-order valence-corrected chi connectivity index (χ2v) is 5.23. The van der Waals surface area contributed by atoms with Gasteiger partial charge in [0.15, 0.2) is 0 Å². The van der Waals surface area contributed by atoms with E-state index in [0.717, 1.165) is 11.1 Å². The highest BCUT2D eigenvalue weighted by molar-refractivity contribution is 6.03. The fourth-order valence-corrected chi connectivity index (χ4v) is 2.10. The Labute approximate surface area is 141 Å². The molecule has 0 radical (unpaired) electrons. The lowest BCUT2D eigenvalue weighted by Gasteiger charge is -2.10. The van der Waals surface area contributed by atoms with Crippen molar-refractivity contribution in [1.29, 1.82) is 0 Å². The van der Waals surface area contributed by atoms with Crippen LogP contribution < -0.4 is 15.4 Å². The molecule has 0 aliphatic heterocycles. The highest BCUT2D eigenvalue weighted by atomic mass is 16.5. The lowest BCUT2D eigenvalue weighted by Crippen LogP contribution is -2.18. The zero-order valence-corrected chi connectivity index (χ0v) is 13.9. The molecule has 2 N–H and O–H groups in total. The van der Waals surface area contributed by atoms with Crippen LogP contribution in [0.25, 0.3) is 6.08 Å². The maximum atomic E-state index is 12.1. The van der Waals surface area contributed by atoms with Gasteiger partial charge in [-0.15, -0.1) is 0 Å². The first kappa shape index (κ1) is 17.3. The van der Waals surface area contributed by atoms with E-state index < -0.39 is 0 Å². The number of benzene rings is 2. The summed E-state index contributed by atoms with van der Waals surface area (Å²) in [6.07, 6.45) is 3.19. The van der Waals surface area contributed by atoms with Crippen molar-refractivity contribution in [3.63, 3.8) is 0 Å². The van der Waals surface area contributed by atoms with Gasteiger partial charge in [-0.25, -0.2) is 0 Å². The third-order valence-corrected chi connectivity index (χ3v) is 3.45. The molecule has 0 saturated carbocycles. The normalized spacial score (nSPS) is 10.5. The van der Waals surface area contributed by atoms with Crippen LogP contribution >= 0.6 is 0 Å². The van der Waals surface area contributed by atoms with Gasteiger partial charge in [0.05, 0.1) is 12.8 Å². The van der Waals surface area contributed by atoms with Crippen LogP contribution in [0.2, 0.25) is 0 Å². The van der Waals surface area contributed by atoms with Gasteiger partial charge in [-0.1, -0.05) is 29.8 Å². The van der Waals surface area contributed by atoms with Crippen molar-refractivity contribution in [1.82, 2.24) is 5.32 Å². The summed E-state index contributed by atoms with van der Waals surface area (Å²) in [5, 5.41) is 5.29.